The maximum atomic E-state index is 11.7. The fourth-order valence-corrected chi connectivity index (χ4v) is 10.1. The van der Waals surface area contributed by atoms with E-state index in [9.17, 15) is 15.2 Å². The number of pyridine rings is 1. The van der Waals surface area contributed by atoms with Crippen LogP contribution in [0.3, 0.4) is 0 Å². The number of allylic oxidation sites excluding steroid dienone is 2. The van der Waals surface area contributed by atoms with E-state index in [1.807, 2.05) is 45.2 Å². The molecule has 54 heavy (non-hydrogen) atoms. The van der Waals surface area contributed by atoms with Gasteiger partial charge in [-0.05, 0) is 89.8 Å². The van der Waals surface area contributed by atoms with Gasteiger partial charge in [-0.15, -0.1) is 40.5 Å². The van der Waals surface area contributed by atoms with Crippen LogP contribution in [0.4, 0.5) is 0 Å². The fraction of sp³-hybridized carbons (Fsp3) is 0.479. The molecular weight excluding hydrogens is 861 g/mol. The number of hydrogen-bond donors (Lipinski definition) is 1. The van der Waals surface area contributed by atoms with Gasteiger partial charge in [-0.1, -0.05) is 105 Å². The predicted molar refractivity (Wildman–Crippen MR) is 226 cm³/mol. The monoisotopic (exact) mass is 920 g/mol. The molecule has 1 aliphatic carbocycles. The average Bonchev–Trinajstić information content (AvgIpc) is 3.49. The Bertz CT molecular complexity index is 2240. The van der Waals surface area contributed by atoms with Crippen molar-refractivity contribution in [2.45, 2.75) is 138 Å². The molecule has 1 N–H and O–H groups in total. The molecule has 0 amide bonds. The molecule has 1 aliphatic rings. The third-order valence-electron chi connectivity index (χ3n) is 11.8. The molecule has 2 aromatic heterocycles. The fourth-order valence-electron chi connectivity index (χ4n) is 8.52. The number of thiophene rings is 1. The molecule has 6 heteroatoms. The van der Waals surface area contributed by atoms with Crippen molar-refractivity contribution in [3.05, 3.63) is 88.3 Å². The number of nitriles is 1. The van der Waals surface area contributed by atoms with Gasteiger partial charge in [0.15, 0.2) is 5.78 Å². The first-order valence-corrected chi connectivity index (χ1v) is 20.5. The molecule has 0 saturated carbocycles. The number of aliphatic hydroxyl groups excluding tert-OH is 1. The van der Waals surface area contributed by atoms with Gasteiger partial charge in [0.05, 0.1) is 11.3 Å². The van der Waals surface area contributed by atoms with Crippen LogP contribution in [0, 0.1) is 36.2 Å². The SMILES string of the molecule is CCC(CC)C(=O)/C=C(\O)C(CC)CC.Cc1c2c(c3sc4c(-c5[c-]c6ccccc6c(C(C)(C)C)c5)nccc4c3c1C#N)C(C)(C)CCC2(C)C.[Ir]. The summed E-state index contributed by atoms with van der Waals surface area (Å²) >= 11 is 1.82. The zero-order valence-corrected chi connectivity index (χ0v) is 37.7. The quantitative estimate of drug-likeness (QED) is 0.0956. The second-order valence-electron chi connectivity index (χ2n) is 17.4. The summed E-state index contributed by atoms with van der Waals surface area (Å²) < 4.78 is 2.42. The number of fused-ring (bicyclic) bond motifs is 6. The Morgan fingerprint density at radius 2 is 1.54 bits per heavy atom. The van der Waals surface area contributed by atoms with Gasteiger partial charge in [0.1, 0.15) is 6.07 Å². The van der Waals surface area contributed by atoms with Crippen LogP contribution in [0.2, 0.25) is 0 Å². The minimum absolute atomic E-state index is 0. The summed E-state index contributed by atoms with van der Waals surface area (Å²) in [4.78, 5) is 16.7. The number of benzene rings is 3. The largest absolute Gasteiger partial charge is 0.512 e. The number of nitrogens with zero attached hydrogens (tertiary/aromatic N) is 2. The molecule has 0 saturated heterocycles. The third-order valence-corrected chi connectivity index (χ3v) is 13.1. The Labute approximate surface area is 341 Å². The number of hydrogen-bond acceptors (Lipinski definition) is 5. The van der Waals surface area contributed by atoms with Gasteiger partial charge in [-0.2, -0.15) is 5.26 Å². The minimum atomic E-state index is -0.0166. The summed E-state index contributed by atoms with van der Waals surface area (Å²) in [7, 11) is 0. The van der Waals surface area contributed by atoms with Gasteiger partial charge in [-0.3, -0.25) is 9.78 Å². The first kappa shape index (κ1) is 43.4. The summed E-state index contributed by atoms with van der Waals surface area (Å²) in [6.07, 6.45) is 9.09. The third kappa shape index (κ3) is 8.11. The van der Waals surface area contributed by atoms with Crippen LogP contribution in [0.15, 0.2) is 54.4 Å². The number of carbonyl (C=O) groups is 1. The molecule has 289 valence electrons. The van der Waals surface area contributed by atoms with Crippen LogP contribution in [0.5, 0.6) is 0 Å². The van der Waals surface area contributed by atoms with Crippen LogP contribution >= 0.6 is 11.3 Å². The zero-order chi connectivity index (χ0) is 39.0. The van der Waals surface area contributed by atoms with E-state index in [4.69, 9.17) is 4.98 Å². The van der Waals surface area contributed by atoms with Crippen molar-refractivity contribution in [2.24, 2.45) is 11.8 Å². The molecule has 0 unspecified atom stereocenters. The molecule has 6 rings (SSSR count). The molecule has 2 heterocycles. The topological polar surface area (TPSA) is 74.0 Å². The molecule has 0 bridgehead atoms. The van der Waals surface area contributed by atoms with E-state index < -0.39 is 0 Å². The minimum Gasteiger partial charge on any atom is -0.512 e. The molecule has 0 atom stereocenters. The Morgan fingerprint density at radius 3 is 2.11 bits per heavy atom. The van der Waals surface area contributed by atoms with Gasteiger partial charge in [0.25, 0.3) is 0 Å². The first-order valence-electron chi connectivity index (χ1n) is 19.6. The summed E-state index contributed by atoms with van der Waals surface area (Å²) in [6.45, 7) is 26.5. The van der Waals surface area contributed by atoms with Crippen LogP contribution in [-0.4, -0.2) is 15.9 Å². The number of rotatable bonds is 8. The number of ketones is 1. The summed E-state index contributed by atoms with van der Waals surface area (Å²) in [6, 6.07) is 19.3. The molecule has 3 aromatic carbocycles. The predicted octanol–water partition coefficient (Wildman–Crippen LogP) is 13.8. The molecule has 0 spiro atoms. The van der Waals surface area contributed by atoms with Gasteiger partial charge < -0.3 is 5.11 Å². The average molecular weight is 920 g/mol. The van der Waals surface area contributed by atoms with Crippen LogP contribution in [-0.2, 0) is 41.1 Å². The van der Waals surface area contributed by atoms with Gasteiger partial charge >= 0.3 is 0 Å². The van der Waals surface area contributed by atoms with Crippen molar-refractivity contribution in [2.75, 3.05) is 0 Å². The second-order valence-corrected chi connectivity index (χ2v) is 18.4. The summed E-state index contributed by atoms with van der Waals surface area (Å²) in [5.41, 5.74) is 8.15. The Balaban J connectivity index is 0.000000347. The van der Waals surface area contributed by atoms with Crippen molar-refractivity contribution in [3.63, 3.8) is 0 Å². The van der Waals surface area contributed by atoms with E-state index in [-0.39, 0.29) is 59.7 Å². The first-order chi connectivity index (χ1) is 24.9. The van der Waals surface area contributed by atoms with E-state index in [0.717, 1.165) is 81.8 Å². The van der Waals surface area contributed by atoms with E-state index in [2.05, 4.69) is 104 Å². The van der Waals surface area contributed by atoms with E-state index in [0.29, 0.717) is 0 Å². The van der Waals surface area contributed by atoms with Crippen molar-refractivity contribution >= 4 is 48.1 Å². The van der Waals surface area contributed by atoms with Gasteiger partial charge in [0, 0.05) is 64.7 Å². The van der Waals surface area contributed by atoms with E-state index in [1.165, 1.54) is 32.9 Å². The smallest absolute Gasteiger partial charge is 0.162 e. The Kier molecular flexibility index (Phi) is 13.5. The molecule has 0 aliphatic heterocycles. The van der Waals surface area contributed by atoms with Crippen LogP contribution < -0.4 is 0 Å². The molecule has 1 radical (unpaired) electrons. The van der Waals surface area contributed by atoms with E-state index >= 15 is 0 Å². The molecule has 4 nitrogen and oxygen atoms in total. The Hall–Kier alpha value is -3.36. The number of carbonyl (C=O) groups excluding carboxylic acids is 1. The summed E-state index contributed by atoms with van der Waals surface area (Å²) in [5, 5.41) is 24.8. The van der Waals surface area contributed by atoms with Crippen LogP contribution in [0.25, 0.3) is 42.2 Å². The number of aromatic nitrogens is 1. The van der Waals surface area contributed by atoms with Gasteiger partial charge in [0.2, 0.25) is 0 Å². The van der Waals surface area contributed by atoms with Crippen molar-refractivity contribution in [3.8, 4) is 17.3 Å². The van der Waals surface area contributed by atoms with Crippen molar-refractivity contribution < 1.29 is 30.0 Å². The van der Waals surface area contributed by atoms with E-state index in [1.54, 1.807) is 0 Å². The molecular formula is C48H59IrN2O2S-. The van der Waals surface area contributed by atoms with Crippen LogP contribution in [0.1, 0.15) is 143 Å². The summed E-state index contributed by atoms with van der Waals surface area (Å²) in [5.74, 6) is 0.547. The van der Waals surface area contributed by atoms with Crippen molar-refractivity contribution in [1.82, 2.24) is 4.98 Å². The van der Waals surface area contributed by atoms with Crippen molar-refractivity contribution in [1.29, 1.82) is 5.26 Å². The normalized spacial score (nSPS) is 15.2. The molecule has 5 aromatic rings. The van der Waals surface area contributed by atoms with Gasteiger partial charge in [-0.25, -0.2) is 0 Å². The zero-order valence-electron chi connectivity index (χ0n) is 34.5. The standard InChI is InChI=1S/C35H35N2S.C13H24O2.Ir/c1-20-25(19-36)27-24-13-16-37-30(22-17-21-11-9-10-12-23(21)26(18-22)33(2,3)4)31(24)38-32(27)29-28(20)34(5,6)14-15-35(29,7)8;1-5-10(6-2)12(14)9-13(15)11(7-3)8-4;/h9-13,16,18H,14-15H2,1-8H3;9-11,14H,5-8H2,1-4H3;/q-1;;/b;12-9-;. The number of aliphatic hydroxyl groups is 1. The molecule has 0 fully saturated rings. The Morgan fingerprint density at radius 1 is 0.944 bits per heavy atom. The maximum Gasteiger partial charge on any atom is 0.162 e. The maximum absolute atomic E-state index is 11.7. The second kappa shape index (κ2) is 16.8.